The Hall–Kier alpha value is -0.630. The van der Waals surface area contributed by atoms with Gasteiger partial charge in [-0.25, -0.2) is 0 Å². The largest absolute Gasteiger partial charge is 0.492 e. The summed E-state index contributed by atoms with van der Waals surface area (Å²) < 4.78 is 1.73. The molecule has 0 fully saturated rings. The van der Waals surface area contributed by atoms with Crippen molar-refractivity contribution < 1.29 is 4.92 Å². The lowest BCUT2D eigenvalue weighted by Gasteiger charge is -1.89. The molecule has 0 amide bonds. The maximum atomic E-state index is 10.2. The van der Waals surface area contributed by atoms with Crippen molar-refractivity contribution in [3.05, 3.63) is 14.8 Å². The van der Waals surface area contributed by atoms with E-state index in [-0.39, 0.29) is 0 Å². The van der Waals surface area contributed by atoms with Crippen LogP contribution in [0.2, 0.25) is 0 Å². The van der Waals surface area contributed by atoms with Crippen LogP contribution >= 0.6 is 28.6 Å². The van der Waals surface area contributed by atoms with Crippen molar-refractivity contribution in [3.63, 3.8) is 0 Å². The molecule has 1 aromatic rings. The Morgan fingerprint density at radius 1 is 1.75 bits per heavy atom. The van der Waals surface area contributed by atoms with E-state index < -0.39 is 10.9 Å². The third kappa shape index (κ3) is 1.95. The van der Waals surface area contributed by atoms with Crippen LogP contribution < -0.4 is 0 Å². The van der Waals surface area contributed by atoms with Crippen molar-refractivity contribution in [2.75, 3.05) is 5.75 Å². The van der Waals surface area contributed by atoms with Gasteiger partial charge < -0.3 is 10.1 Å². The highest BCUT2D eigenvalue weighted by Gasteiger charge is 2.18. The van der Waals surface area contributed by atoms with Gasteiger partial charge in [-0.2, -0.15) is 17.3 Å². The van der Waals surface area contributed by atoms with Crippen LogP contribution in [0, 0.1) is 10.1 Å². The first-order valence-electron chi connectivity index (χ1n) is 3.00. The summed E-state index contributed by atoms with van der Waals surface area (Å²) in [5, 5.41) is 13.8. The Labute approximate surface area is 81.7 Å². The summed E-state index contributed by atoms with van der Waals surface area (Å²) in [5.74, 6) is 0.155. The van der Waals surface area contributed by atoms with Crippen molar-refractivity contribution in [1.29, 1.82) is 0 Å². The number of halogens is 1. The summed E-state index contributed by atoms with van der Waals surface area (Å²) in [4.78, 5) is 13.1. The maximum absolute atomic E-state index is 10.2. The number of hydrogen-bond donors (Lipinski definition) is 1. The molecule has 6 nitrogen and oxygen atoms in total. The van der Waals surface area contributed by atoms with Gasteiger partial charge in [0, 0.05) is 26.8 Å². The number of aryl methyl sites for hydroxylation is 1. The van der Waals surface area contributed by atoms with Crippen LogP contribution in [0.1, 0.15) is 0 Å². The summed E-state index contributed by atoms with van der Waals surface area (Å²) in [6.45, 7) is 0.491. The van der Waals surface area contributed by atoms with E-state index in [4.69, 9.17) is 0 Å². The highest BCUT2D eigenvalue weighted by atomic mass is 79.9. The minimum atomic E-state index is -0.639. The van der Waals surface area contributed by atoms with Crippen LogP contribution in [0.3, 0.4) is 0 Å². The van der Waals surface area contributed by atoms with Crippen molar-refractivity contribution in [3.8, 4) is 0 Å². The first-order valence-corrected chi connectivity index (χ1v) is 4.43. The molecule has 0 aliphatic carbocycles. The first kappa shape index (κ1) is 9.46. The lowest BCUT2D eigenvalue weighted by molar-refractivity contribution is -0.394. The molecule has 1 rings (SSSR count). The predicted molar refractivity (Wildman–Crippen MR) is 48.2 cm³/mol. The third-order valence-corrected chi connectivity index (χ3v) is 1.88. The molecule has 0 unspecified atom stereocenters. The average Bonchev–Trinajstić information content (AvgIpc) is 2.34. The van der Waals surface area contributed by atoms with Crippen molar-refractivity contribution in [2.24, 2.45) is 0 Å². The number of rotatable bonds is 3. The number of nitrogens with zero attached hydrogens (tertiary/aromatic N) is 4. The van der Waals surface area contributed by atoms with Gasteiger partial charge in [-0.05, 0) is 9.91 Å². The smallest absolute Gasteiger partial charge is 0.390 e. The van der Waals surface area contributed by atoms with Crippen LogP contribution in [-0.2, 0) is 6.54 Å². The van der Waals surface area contributed by atoms with Crippen molar-refractivity contribution in [1.82, 2.24) is 14.8 Å². The van der Waals surface area contributed by atoms with E-state index in [2.05, 4.69) is 38.6 Å². The van der Waals surface area contributed by atoms with Gasteiger partial charge in [-0.15, -0.1) is 0 Å². The zero-order valence-electron chi connectivity index (χ0n) is 5.84. The van der Waals surface area contributed by atoms with Gasteiger partial charge in [-0.3, -0.25) is 0 Å². The van der Waals surface area contributed by atoms with E-state index in [1.807, 2.05) is 0 Å². The zero-order valence-corrected chi connectivity index (χ0v) is 8.33. The molecule has 0 aliphatic rings. The van der Waals surface area contributed by atoms with Gasteiger partial charge in [-0.1, -0.05) is 0 Å². The molecule has 1 heterocycles. The Kier molecular flexibility index (Phi) is 3.04. The number of hydrogen-bond acceptors (Lipinski definition) is 5. The fraction of sp³-hybridized carbons (Fsp3) is 0.500. The SMILES string of the molecule is O=[N+]([O-])c1nc(Br)n(CCS)n1. The standard InChI is InChI=1S/C4H5BrN4O2S/c5-3-6-4(9(10)11)7-8(3)1-2-12/h12H,1-2H2. The monoisotopic (exact) mass is 252 g/mol. The van der Waals surface area contributed by atoms with E-state index >= 15 is 0 Å². The van der Waals surface area contributed by atoms with Gasteiger partial charge in [0.1, 0.15) is 0 Å². The lowest BCUT2D eigenvalue weighted by Crippen LogP contribution is -2.02. The van der Waals surface area contributed by atoms with Crippen LogP contribution in [0.25, 0.3) is 0 Å². The molecule has 0 saturated carbocycles. The van der Waals surface area contributed by atoms with Crippen LogP contribution in [-0.4, -0.2) is 25.4 Å². The van der Waals surface area contributed by atoms with Crippen LogP contribution in [0.15, 0.2) is 4.73 Å². The molecule has 0 radical (unpaired) electrons. The van der Waals surface area contributed by atoms with Crippen LogP contribution in [0.5, 0.6) is 0 Å². The third-order valence-electron chi connectivity index (χ3n) is 1.09. The van der Waals surface area contributed by atoms with Crippen molar-refractivity contribution >= 4 is 34.5 Å². The molecule has 0 spiro atoms. The summed E-state index contributed by atoms with van der Waals surface area (Å²) in [7, 11) is 0. The topological polar surface area (TPSA) is 73.8 Å². The highest BCUT2D eigenvalue weighted by Crippen LogP contribution is 2.11. The quantitative estimate of drug-likeness (QED) is 0.493. The molecule has 12 heavy (non-hydrogen) atoms. The number of nitro groups is 1. The second kappa shape index (κ2) is 3.85. The zero-order chi connectivity index (χ0) is 9.14. The van der Waals surface area contributed by atoms with Gasteiger partial charge in [0.15, 0.2) is 0 Å². The second-order valence-corrected chi connectivity index (χ2v) is 3.04. The molecule has 0 saturated heterocycles. The van der Waals surface area contributed by atoms with E-state index in [0.717, 1.165) is 0 Å². The summed E-state index contributed by atoms with van der Waals surface area (Å²) in [5.41, 5.74) is 0. The molecule has 0 N–H and O–H groups in total. The second-order valence-electron chi connectivity index (χ2n) is 1.88. The molecule has 0 bridgehead atoms. The normalized spacial score (nSPS) is 10.2. The fourth-order valence-electron chi connectivity index (χ4n) is 0.626. The summed E-state index contributed by atoms with van der Waals surface area (Å²) in [6.07, 6.45) is 0. The Morgan fingerprint density at radius 2 is 2.42 bits per heavy atom. The lowest BCUT2D eigenvalue weighted by atomic mass is 10.8. The van der Waals surface area contributed by atoms with Crippen molar-refractivity contribution in [2.45, 2.75) is 6.54 Å². The predicted octanol–water partition coefficient (Wildman–Crippen LogP) is 0.879. The maximum Gasteiger partial charge on any atom is 0.492 e. The van der Waals surface area contributed by atoms with E-state index in [9.17, 15) is 10.1 Å². The molecule has 0 aliphatic heterocycles. The van der Waals surface area contributed by atoms with E-state index in [1.54, 1.807) is 0 Å². The molecule has 8 heteroatoms. The Morgan fingerprint density at radius 3 is 2.83 bits per heavy atom. The molecular weight excluding hydrogens is 248 g/mol. The fourth-order valence-corrected chi connectivity index (χ4v) is 1.23. The molecule has 1 aromatic heterocycles. The molecular formula is C4H5BrN4O2S. The van der Waals surface area contributed by atoms with Gasteiger partial charge in [0.25, 0.3) is 4.73 Å². The minimum Gasteiger partial charge on any atom is -0.390 e. The van der Waals surface area contributed by atoms with Gasteiger partial charge in [0.2, 0.25) is 0 Å². The summed E-state index contributed by atoms with van der Waals surface area (Å²) in [6, 6.07) is 0. The van der Waals surface area contributed by atoms with E-state index in [1.165, 1.54) is 4.68 Å². The Bertz CT molecular complexity index is 301. The number of thiol groups is 1. The van der Waals surface area contributed by atoms with E-state index in [0.29, 0.717) is 17.0 Å². The average molecular weight is 253 g/mol. The first-order chi connectivity index (χ1) is 5.65. The highest BCUT2D eigenvalue weighted by molar-refractivity contribution is 9.10. The molecule has 0 atom stereocenters. The van der Waals surface area contributed by atoms with Gasteiger partial charge >= 0.3 is 5.95 Å². The van der Waals surface area contributed by atoms with Gasteiger partial charge in [0.05, 0.1) is 6.54 Å². The summed E-state index contributed by atoms with van der Waals surface area (Å²) >= 11 is 7.00. The molecule has 66 valence electrons. The Balaban J connectivity index is 2.92. The molecule has 0 aromatic carbocycles. The number of aromatic nitrogens is 3. The van der Waals surface area contributed by atoms with Crippen LogP contribution in [0.4, 0.5) is 5.95 Å². The minimum absolute atomic E-state index is 0.350.